The molecule has 0 aromatic carbocycles. The van der Waals surface area contributed by atoms with Gasteiger partial charge in [0.1, 0.15) is 11.8 Å². The van der Waals surface area contributed by atoms with Crippen molar-refractivity contribution in [1.29, 1.82) is 5.26 Å². The second kappa shape index (κ2) is 3.97. The fourth-order valence-corrected chi connectivity index (χ4v) is 1.14. The van der Waals surface area contributed by atoms with Gasteiger partial charge in [0.2, 0.25) is 0 Å². The molecule has 0 saturated carbocycles. The number of anilines is 2. The van der Waals surface area contributed by atoms with Gasteiger partial charge >= 0.3 is 0 Å². The van der Waals surface area contributed by atoms with Crippen molar-refractivity contribution >= 4 is 23.2 Å². The second-order valence-corrected chi connectivity index (χ2v) is 2.80. The van der Waals surface area contributed by atoms with Crippen LogP contribution in [0.5, 0.6) is 0 Å². The van der Waals surface area contributed by atoms with Crippen molar-refractivity contribution in [3.05, 3.63) is 18.0 Å². The highest BCUT2D eigenvalue weighted by atomic mass is 35.5. The number of nitrogens with zero attached hydrogens (tertiary/aromatic N) is 3. The van der Waals surface area contributed by atoms with Crippen LogP contribution < -0.4 is 10.2 Å². The Kier molecular flexibility index (Phi) is 2.93. The van der Waals surface area contributed by atoms with Gasteiger partial charge < -0.3 is 5.73 Å². The lowest BCUT2D eigenvalue weighted by atomic mass is 10.2. The molecule has 0 aliphatic heterocycles. The van der Waals surface area contributed by atoms with Crippen molar-refractivity contribution in [2.24, 2.45) is 0 Å². The van der Waals surface area contributed by atoms with E-state index in [2.05, 4.69) is 4.98 Å². The van der Waals surface area contributed by atoms with Gasteiger partial charge in [-0.05, 0) is 13.0 Å². The maximum Gasteiger partial charge on any atom is 0.167 e. The van der Waals surface area contributed by atoms with Crippen LogP contribution in [0.1, 0.15) is 12.6 Å². The van der Waals surface area contributed by atoms with E-state index in [-0.39, 0.29) is 5.69 Å². The molecule has 0 saturated heterocycles. The number of hydrogen-bond acceptors (Lipinski definition) is 4. The molecule has 0 atom stereocenters. The maximum absolute atomic E-state index is 8.73. The van der Waals surface area contributed by atoms with E-state index >= 15 is 0 Å². The molecule has 5 heteroatoms. The molecule has 4 nitrogen and oxygen atoms in total. The molecule has 1 heterocycles. The largest absolute Gasteiger partial charge is 0.397 e. The van der Waals surface area contributed by atoms with Gasteiger partial charge in [-0.25, -0.2) is 4.98 Å². The number of rotatable bonds is 2. The Bertz CT molecular complexity index is 344. The van der Waals surface area contributed by atoms with Crippen LogP contribution in [0.3, 0.4) is 0 Å². The minimum Gasteiger partial charge on any atom is -0.397 e. The van der Waals surface area contributed by atoms with Gasteiger partial charge in [-0.2, -0.15) is 5.26 Å². The molecule has 0 fully saturated rings. The lowest BCUT2D eigenvalue weighted by Crippen LogP contribution is -2.13. The van der Waals surface area contributed by atoms with Gasteiger partial charge in [0.15, 0.2) is 5.69 Å². The molecule has 0 bridgehead atoms. The summed E-state index contributed by atoms with van der Waals surface area (Å²) in [4.78, 5) is 3.86. The van der Waals surface area contributed by atoms with Crippen LogP contribution in [0.25, 0.3) is 0 Å². The number of pyridine rings is 1. The second-order valence-electron chi connectivity index (χ2n) is 2.39. The SMILES string of the molecule is CCN(Cl)c1c(N)ccnc1C#N. The number of nitrogen functional groups attached to an aromatic ring is 1. The molecule has 68 valence electrons. The highest BCUT2D eigenvalue weighted by Gasteiger charge is 2.11. The van der Waals surface area contributed by atoms with Crippen LogP contribution in [0, 0.1) is 11.3 Å². The van der Waals surface area contributed by atoms with Crippen molar-refractivity contribution in [1.82, 2.24) is 4.98 Å². The Labute approximate surface area is 81.7 Å². The highest BCUT2D eigenvalue weighted by molar-refractivity contribution is 6.26. The topological polar surface area (TPSA) is 65.9 Å². The number of hydrogen-bond donors (Lipinski definition) is 1. The smallest absolute Gasteiger partial charge is 0.167 e. The zero-order chi connectivity index (χ0) is 9.84. The molecule has 0 radical (unpaired) electrons. The van der Waals surface area contributed by atoms with E-state index in [1.54, 1.807) is 6.07 Å². The summed E-state index contributed by atoms with van der Waals surface area (Å²) >= 11 is 5.84. The minimum absolute atomic E-state index is 0.247. The summed E-state index contributed by atoms with van der Waals surface area (Å²) in [6, 6.07) is 3.55. The molecule has 0 aliphatic carbocycles. The molecule has 1 rings (SSSR count). The van der Waals surface area contributed by atoms with Crippen LogP contribution in [-0.2, 0) is 0 Å². The van der Waals surface area contributed by atoms with Crippen molar-refractivity contribution in [3.8, 4) is 6.07 Å². The van der Waals surface area contributed by atoms with E-state index in [0.29, 0.717) is 17.9 Å². The van der Waals surface area contributed by atoms with E-state index < -0.39 is 0 Å². The normalized spacial score (nSPS) is 9.31. The quantitative estimate of drug-likeness (QED) is 0.729. The maximum atomic E-state index is 8.73. The molecular weight excluding hydrogens is 188 g/mol. The monoisotopic (exact) mass is 196 g/mol. The predicted octanol–water partition coefficient (Wildman–Crippen LogP) is 1.52. The van der Waals surface area contributed by atoms with Crippen LogP contribution in [-0.4, -0.2) is 11.5 Å². The molecule has 0 aliphatic rings. The van der Waals surface area contributed by atoms with Gasteiger partial charge in [-0.1, -0.05) is 0 Å². The standard InChI is InChI=1S/C8H9ClN4/c1-2-13(9)8-6(11)3-4-12-7(8)5-10/h3-4H,2H2,1H3,(H2,11,12). The lowest BCUT2D eigenvalue weighted by molar-refractivity contribution is 1.08. The van der Waals surface area contributed by atoms with Crippen LogP contribution in [0.2, 0.25) is 0 Å². The summed E-state index contributed by atoms with van der Waals surface area (Å²) < 4.78 is 1.38. The summed E-state index contributed by atoms with van der Waals surface area (Å²) in [5.41, 5.74) is 6.85. The molecule has 0 spiro atoms. The first kappa shape index (κ1) is 9.62. The molecule has 13 heavy (non-hydrogen) atoms. The molecule has 0 unspecified atom stereocenters. The predicted molar refractivity (Wildman–Crippen MR) is 52.2 cm³/mol. The van der Waals surface area contributed by atoms with Crippen molar-refractivity contribution in [2.45, 2.75) is 6.92 Å². The van der Waals surface area contributed by atoms with Crippen molar-refractivity contribution in [2.75, 3.05) is 16.7 Å². The first-order valence-electron chi connectivity index (χ1n) is 3.78. The molecular formula is C8H9ClN4. The Hall–Kier alpha value is -1.47. The van der Waals surface area contributed by atoms with Crippen LogP contribution >= 0.6 is 11.8 Å². The number of halogens is 1. The number of aromatic nitrogens is 1. The van der Waals surface area contributed by atoms with E-state index in [1.165, 1.54) is 10.6 Å². The average molecular weight is 197 g/mol. The molecule has 1 aromatic rings. The van der Waals surface area contributed by atoms with E-state index in [4.69, 9.17) is 22.8 Å². The Morgan fingerprint density at radius 2 is 2.46 bits per heavy atom. The van der Waals surface area contributed by atoms with Gasteiger partial charge in [0, 0.05) is 24.5 Å². The van der Waals surface area contributed by atoms with Gasteiger partial charge in [0.25, 0.3) is 0 Å². The first-order valence-corrected chi connectivity index (χ1v) is 4.12. The van der Waals surface area contributed by atoms with E-state index in [1.807, 2.05) is 13.0 Å². The third-order valence-electron chi connectivity index (χ3n) is 1.58. The van der Waals surface area contributed by atoms with Crippen LogP contribution in [0.4, 0.5) is 11.4 Å². The summed E-state index contributed by atoms with van der Waals surface area (Å²) in [6.07, 6.45) is 1.48. The molecule has 1 aromatic heterocycles. The van der Waals surface area contributed by atoms with Crippen molar-refractivity contribution in [3.63, 3.8) is 0 Å². The third-order valence-corrected chi connectivity index (χ3v) is 1.99. The van der Waals surface area contributed by atoms with Crippen molar-refractivity contribution < 1.29 is 0 Å². The fraction of sp³-hybridized carbons (Fsp3) is 0.250. The van der Waals surface area contributed by atoms with E-state index in [9.17, 15) is 0 Å². The fourth-order valence-electron chi connectivity index (χ4n) is 0.964. The van der Waals surface area contributed by atoms with Gasteiger partial charge in [-0.3, -0.25) is 4.42 Å². The average Bonchev–Trinajstić information content (AvgIpc) is 2.16. The summed E-state index contributed by atoms with van der Waals surface area (Å²) in [7, 11) is 0. The Balaban J connectivity index is 3.24. The van der Waals surface area contributed by atoms with Crippen LogP contribution in [0.15, 0.2) is 12.3 Å². The molecule has 2 N–H and O–H groups in total. The van der Waals surface area contributed by atoms with E-state index in [0.717, 1.165) is 0 Å². The zero-order valence-corrected chi connectivity index (χ0v) is 7.91. The summed E-state index contributed by atoms with van der Waals surface area (Å²) in [6.45, 7) is 2.42. The minimum atomic E-state index is 0.247. The lowest BCUT2D eigenvalue weighted by Gasteiger charge is -2.15. The molecule has 0 amide bonds. The van der Waals surface area contributed by atoms with Gasteiger partial charge in [-0.15, -0.1) is 0 Å². The Morgan fingerprint density at radius 1 is 1.77 bits per heavy atom. The highest BCUT2D eigenvalue weighted by Crippen LogP contribution is 2.26. The zero-order valence-electron chi connectivity index (χ0n) is 7.16. The first-order chi connectivity index (χ1) is 6.20. The Morgan fingerprint density at radius 3 is 3.00 bits per heavy atom. The summed E-state index contributed by atoms with van der Waals surface area (Å²) in [5, 5.41) is 8.73. The third kappa shape index (κ3) is 1.82. The summed E-state index contributed by atoms with van der Waals surface area (Å²) in [5.74, 6) is 0. The number of nitrogens with two attached hydrogens (primary N) is 1. The van der Waals surface area contributed by atoms with Gasteiger partial charge in [0.05, 0.1) is 5.69 Å². The number of nitriles is 1.